The molecule has 0 aromatic heterocycles. The highest BCUT2D eigenvalue weighted by atomic mass is 31.2. The molecule has 0 heterocycles. The van der Waals surface area contributed by atoms with Crippen LogP contribution in [0.2, 0.25) is 0 Å². The van der Waals surface area contributed by atoms with Crippen LogP contribution in [0.25, 0.3) is 0 Å². The second-order valence-corrected chi connectivity index (χ2v) is 17.5. The van der Waals surface area contributed by atoms with Crippen molar-refractivity contribution in [3.8, 4) is 0 Å². The summed E-state index contributed by atoms with van der Waals surface area (Å²) in [7, 11) is -9.78. The van der Waals surface area contributed by atoms with Crippen molar-refractivity contribution in [2.45, 2.75) is 141 Å². The molecule has 0 saturated carbocycles. The van der Waals surface area contributed by atoms with Crippen molar-refractivity contribution < 1.29 is 66.7 Å². The van der Waals surface area contributed by atoms with Gasteiger partial charge in [-0.2, -0.15) is 0 Å². The molecule has 0 rings (SSSR count). The Morgan fingerprint density at radius 2 is 0.985 bits per heavy atom. The molecule has 66 heavy (non-hydrogen) atoms. The minimum Gasteiger partial charge on any atom is -0.462 e. The van der Waals surface area contributed by atoms with E-state index in [1.54, 1.807) is 24.3 Å². The monoisotopic (exact) mass is 964 g/mol. The summed E-state index contributed by atoms with van der Waals surface area (Å²) in [4.78, 5) is 52.7. The molecule has 5 N–H and O–H groups in total. The van der Waals surface area contributed by atoms with Crippen LogP contribution < -0.4 is 0 Å². The third-order valence-electron chi connectivity index (χ3n) is 8.62. The number of allylic oxidation sites excluding steroid dienone is 20. The molecule has 0 aliphatic carbocycles. The Balaban J connectivity index is 4.84. The maximum atomic E-state index is 12.7. The zero-order chi connectivity index (χ0) is 48.8. The molecule has 0 aromatic carbocycles. The van der Waals surface area contributed by atoms with Gasteiger partial charge >= 0.3 is 27.6 Å². The molecule has 0 spiro atoms. The first-order valence-corrected chi connectivity index (χ1v) is 26.0. The molecule has 2 unspecified atom stereocenters. The molecular weight excluding hydrogens is 886 g/mol. The Bertz CT molecular complexity index is 1680. The lowest BCUT2D eigenvalue weighted by Crippen LogP contribution is -2.29. The summed E-state index contributed by atoms with van der Waals surface area (Å²) in [6.45, 7) is 1.31. The van der Waals surface area contributed by atoms with Gasteiger partial charge in [-0.25, -0.2) is 9.13 Å². The van der Waals surface area contributed by atoms with Crippen LogP contribution in [-0.4, -0.2) is 81.6 Å². The van der Waals surface area contributed by atoms with Crippen LogP contribution in [-0.2, 0) is 41.8 Å². The van der Waals surface area contributed by atoms with E-state index in [1.165, 1.54) is 19.3 Å². The highest BCUT2D eigenvalue weighted by molar-refractivity contribution is 7.47. The van der Waals surface area contributed by atoms with Gasteiger partial charge in [-0.1, -0.05) is 160 Å². The second-order valence-electron chi connectivity index (χ2n) is 14.8. The number of hydrogen-bond donors (Lipinski definition) is 5. The molecule has 14 nitrogen and oxygen atoms in total. The van der Waals surface area contributed by atoms with E-state index in [4.69, 9.17) is 23.8 Å². The highest BCUT2D eigenvalue weighted by Gasteiger charge is 2.28. The standard InChI is InChI=1S/C50H78O14P2/c1-3-5-7-9-11-13-15-17-18-19-20-21-22-24-26-28-30-32-36-40-49(53)60-44-48(45-63-66(58,59)62-43-47(52)42-61-65(55,56)57)64-50(54)41-37-33-35-39-46(51)38-34-31-29-27-25-23-16-14-12-10-8-6-4-2/h6,8,11-14,17-18,20-21,23-26,29-35,38,46-48,51-52H,3-5,7,9-10,15-16,19,22,27-28,36-37,39-45H2,1-2H3,(H,58,59)(H2,55,56,57)/b8-6-,13-11-,14-12-,18-17-,21-20-,25-23-,26-24-,31-29-,32-30-,35-33-,38-34-/t46?,47-,48+/m0/s1. The van der Waals surface area contributed by atoms with Crippen LogP contribution in [0.5, 0.6) is 0 Å². The number of hydrogen-bond acceptors (Lipinski definition) is 11. The van der Waals surface area contributed by atoms with E-state index in [9.17, 15) is 33.8 Å². The fourth-order valence-electron chi connectivity index (χ4n) is 5.14. The summed E-state index contributed by atoms with van der Waals surface area (Å²) in [6, 6.07) is 0. The molecule has 0 radical (unpaired) electrons. The lowest BCUT2D eigenvalue weighted by Gasteiger charge is -2.20. The van der Waals surface area contributed by atoms with Gasteiger partial charge in [0.1, 0.15) is 12.7 Å². The molecule has 0 aliphatic heterocycles. The molecule has 0 fully saturated rings. The van der Waals surface area contributed by atoms with Crippen molar-refractivity contribution in [1.82, 2.24) is 0 Å². The first-order valence-electron chi connectivity index (χ1n) is 23.0. The molecule has 0 aromatic rings. The summed E-state index contributed by atoms with van der Waals surface area (Å²) in [5.41, 5.74) is 0. The van der Waals surface area contributed by atoms with Crippen LogP contribution in [0.1, 0.15) is 123 Å². The third kappa shape index (κ3) is 46.7. The van der Waals surface area contributed by atoms with Gasteiger partial charge in [-0.15, -0.1) is 0 Å². The maximum Gasteiger partial charge on any atom is 0.472 e. The zero-order valence-corrected chi connectivity index (χ0v) is 40.9. The number of unbranched alkanes of at least 4 members (excludes halogenated alkanes) is 3. The molecule has 372 valence electrons. The number of carbonyl (C=O) groups excluding carboxylic acids is 2. The number of phosphoric acid groups is 2. The average molecular weight is 965 g/mol. The van der Waals surface area contributed by atoms with Crippen molar-refractivity contribution in [3.63, 3.8) is 0 Å². The summed E-state index contributed by atoms with van der Waals surface area (Å²) in [5.74, 6) is -1.32. The van der Waals surface area contributed by atoms with E-state index in [2.05, 4.69) is 102 Å². The Kier molecular flexibility index (Phi) is 41.3. The number of aliphatic hydroxyl groups is 2. The largest absolute Gasteiger partial charge is 0.472 e. The molecule has 16 heteroatoms. The quantitative estimate of drug-likeness (QED) is 0.0127. The molecule has 0 saturated heterocycles. The van der Waals surface area contributed by atoms with Crippen LogP contribution in [0.3, 0.4) is 0 Å². The van der Waals surface area contributed by atoms with Gasteiger partial charge in [0.2, 0.25) is 0 Å². The van der Waals surface area contributed by atoms with Crippen molar-refractivity contribution in [2.24, 2.45) is 0 Å². The van der Waals surface area contributed by atoms with Gasteiger partial charge in [0, 0.05) is 12.8 Å². The van der Waals surface area contributed by atoms with Gasteiger partial charge in [-0.3, -0.25) is 23.2 Å². The molecule has 0 bridgehead atoms. The molecule has 4 atom stereocenters. The van der Waals surface area contributed by atoms with E-state index in [0.717, 1.165) is 51.4 Å². The number of rotatable bonds is 41. The number of ether oxygens (including phenoxy) is 2. The highest BCUT2D eigenvalue weighted by Crippen LogP contribution is 2.43. The van der Waals surface area contributed by atoms with Crippen molar-refractivity contribution >= 4 is 27.6 Å². The summed E-state index contributed by atoms with van der Waals surface area (Å²) in [5, 5.41) is 20.0. The van der Waals surface area contributed by atoms with E-state index in [1.807, 2.05) is 30.4 Å². The van der Waals surface area contributed by atoms with Crippen LogP contribution >= 0.6 is 15.6 Å². The number of phosphoric ester groups is 2. The number of aliphatic hydroxyl groups excluding tert-OH is 2. The molecular formula is C50H78O14P2. The zero-order valence-electron chi connectivity index (χ0n) is 39.1. The third-order valence-corrected chi connectivity index (χ3v) is 10.1. The van der Waals surface area contributed by atoms with Crippen molar-refractivity contribution in [2.75, 3.05) is 26.4 Å². The van der Waals surface area contributed by atoms with E-state index in [-0.39, 0.29) is 19.3 Å². The summed E-state index contributed by atoms with van der Waals surface area (Å²) < 4.78 is 47.6. The van der Waals surface area contributed by atoms with E-state index >= 15 is 0 Å². The van der Waals surface area contributed by atoms with Gasteiger partial charge in [-0.05, 0) is 83.5 Å². The van der Waals surface area contributed by atoms with Gasteiger partial charge < -0.3 is 34.4 Å². The topological polar surface area (TPSA) is 216 Å². The minimum atomic E-state index is -4.90. The van der Waals surface area contributed by atoms with Gasteiger partial charge in [0.15, 0.2) is 6.10 Å². The number of carbonyl (C=O) groups is 2. The van der Waals surface area contributed by atoms with Crippen LogP contribution in [0, 0.1) is 0 Å². The van der Waals surface area contributed by atoms with Gasteiger partial charge in [0.25, 0.3) is 0 Å². The Morgan fingerprint density at radius 3 is 1.53 bits per heavy atom. The Labute approximate surface area is 394 Å². The molecule has 0 amide bonds. The fraction of sp³-hybridized carbons (Fsp3) is 0.520. The Hall–Kier alpha value is -3.78. The fourth-order valence-corrected chi connectivity index (χ4v) is 6.30. The SMILES string of the molecule is CC/C=C\C/C=C\C/C=C\C/C=C\C=C/C(O)C/C=C\CCC(=O)O[C@H](COC(=O)CC/C=C\C/C=C\C/C=C\C/C=C\C/C=C\CCCCC)COP(=O)(O)OC[C@@H](O)COP(=O)(O)O. The number of esters is 2. The summed E-state index contributed by atoms with van der Waals surface area (Å²) >= 11 is 0. The summed E-state index contributed by atoms with van der Waals surface area (Å²) in [6.07, 6.45) is 53.4. The van der Waals surface area contributed by atoms with Crippen molar-refractivity contribution in [3.05, 3.63) is 134 Å². The van der Waals surface area contributed by atoms with E-state index in [0.29, 0.717) is 19.3 Å². The first-order chi connectivity index (χ1) is 31.8. The van der Waals surface area contributed by atoms with E-state index < -0.39 is 72.3 Å². The van der Waals surface area contributed by atoms with Crippen molar-refractivity contribution in [1.29, 1.82) is 0 Å². The lowest BCUT2D eigenvalue weighted by atomic mass is 10.2. The Morgan fingerprint density at radius 1 is 0.515 bits per heavy atom. The normalized spacial score (nSPS) is 15.6. The minimum absolute atomic E-state index is 0.0259. The van der Waals surface area contributed by atoms with Gasteiger partial charge in [0.05, 0.1) is 25.9 Å². The van der Waals surface area contributed by atoms with Crippen LogP contribution in [0.4, 0.5) is 0 Å². The first kappa shape index (κ1) is 62.2. The average Bonchev–Trinajstić information content (AvgIpc) is 3.27. The predicted molar refractivity (Wildman–Crippen MR) is 263 cm³/mol. The smallest absolute Gasteiger partial charge is 0.462 e. The maximum absolute atomic E-state index is 12.7. The second kappa shape index (κ2) is 43.8. The molecule has 0 aliphatic rings. The van der Waals surface area contributed by atoms with Crippen LogP contribution in [0.15, 0.2) is 134 Å². The lowest BCUT2D eigenvalue weighted by molar-refractivity contribution is -0.161. The predicted octanol–water partition coefficient (Wildman–Crippen LogP) is 11.2.